The zero-order valence-corrected chi connectivity index (χ0v) is 23.5. The van der Waals surface area contributed by atoms with Crippen LogP contribution in [0.2, 0.25) is 10.0 Å². The number of hydrogen-bond acceptors (Lipinski definition) is 7. The first-order valence-corrected chi connectivity index (χ1v) is 14.0. The average Bonchev–Trinajstić information content (AvgIpc) is 3.47. The maximum absolute atomic E-state index is 14.3. The molecule has 12 heteroatoms. The minimum Gasteiger partial charge on any atom is -0.464 e. The lowest BCUT2D eigenvalue weighted by molar-refractivity contribution is -0.154. The molecule has 3 fully saturated rings. The van der Waals surface area contributed by atoms with Gasteiger partial charge in [0.1, 0.15) is 16.5 Å². The Morgan fingerprint density at radius 3 is 2.41 bits per heavy atom. The summed E-state index contributed by atoms with van der Waals surface area (Å²) in [5.41, 5.74) is 0.0931. The van der Waals surface area contributed by atoms with Crippen molar-refractivity contribution in [1.29, 1.82) is 5.26 Å². The van der Waals surface area contributed by atoms with Crippen molar-refractivity contribution < 1.29 is 23.9 Å². The van der Waals surface area contributed by atoms with Crippen LogP contribution in [-0.2, 0) is 25.5 Å². The van der Waals surface area contributed by atoms with Gasteiger partial charge in [-0.3, -0.25) is 9.59 Å². The molecule has 3 aliphatic rings. The van der Waals surface area contributed by atoms with E-state index in [0.29, 0.717) is 5.56 Å². The van der Waals surface area contributed by atoms with Crippen molar-refractivity contribution in [1.82, 2.24) is 9.80 Å². The number of carbonyl (C=O) groups is 4. The lowest BCUT2D eigenvalue weighted by atomic mass is 9.86. The van der Waals surface area contributed by atoms with Crippen LogP contribution in [0.4, 0.5) is 10.5 Å². The Hall–Kier alpha value is -3.26. The SMILES string of the molecule is CCOC(=O)[C@H]1CSC2(CN3C(=O)N(c4cc(Cl)cc(Cl)c4)C(=O)[C@]3(Cc3ccc(C#N)cc3)C2)N1C(C)=O. The number of nitriles is 1. The van der Waals surface area contributed by atoms with Crippen LogP contribution in [0.15, 0.2) is 42.5 Å². The first-order chi connectivity index (χ1) is 18.5. The van der Waals surface area contributed by atoms with Crippen molar-refractivity contribution in [3.63, 3.8) is 0 Å². The molecule has 9 nitrogen and oxygen atoms in total. The number of fused-ring (bicyclic) bond motifs is 1. The fourth-order valence-corrected chi connectivity index (χ4v) is 8.09. The van der Waals surface area contributed by atoms with Gasteiger partial charge in [-0.15, -0.1) is 11.8 Å². The highest BCUT2D eigenvalue weighted by Crippen LogP contribution is 2.55. The summed E-state index contributed by atoms with van der Waals surface area (Å²) in [7, 11) is 0. The van der Waals surface area contributed by atoms with Crippen molar-refractivity contribution >= 4 is 64.5 Å². The second kappa shape index (κ2) is 10.0. The number of urea groups is 1. The third-order valence-corrected chi connectivity index (χ3v) is 9.28. The summed E-state index contributed by atoms with van der Waals surface area (Å²) in [6, 6.07) is 12.0. The lowest BCUT2D eigenvalue weighted by Gasteiger charge is -2.36. The Balaban J connectivity index is 1.59. The van der Waals surface area contributed by atoms with E-state index in [1.54, 1.807) is 31.2 Å². The summed E-state index contributed by atoms with van der Waals surface area (Å²) >= 11 is 13.8. The third kappa shape index (κ3) is 4.42. The van der Waals surface area contributed by atoms with Crippen LogP contribution in [0.5, 0.6) is 0 Å². The number of nitrogens with zero attached hydrogens (tertiary/aromatic N) is 4. The molecular formula is C27H24Cl2N4O5S. The number of hydrogen-bond donors (Lipinski definition) is 0. The summed E-state index contributed by atoms with van der Waals surface area (Å²) in [6.45, 7) is 3.28. The number of thioether (sulfide) groups is 1. The van der Waals surface area contributed by atoms with Gasteiger partial charge < -0.3 is 14.5 Å². The number of halogens is 2. The van der Waals surface area contributed by atoms with E-state index in [0.717, 1.165) is 10.5 Å². The van der Waals surface area contributed by atoms with Crippen LogP contribution in [0, 0.1) is 11.3 Å². The molecule has 0 N–H and O–H groups in total. The predicted octanol–water partition coefficient (Wildman–Crippen LogP) is 4.24. The number of anilines is 1. The Kier molecular flexibility index (Phi) is 7.04. The molecule has 1 unspecified atom stereocenters. The van der Waals surface area contributed by atoms with E-state index in [-0.39, 0.29) is 53.4 Å². The topological polar surface area (TPSA) is 111 Å². The molecule has 0 radical (unpaired) electrons. The van der Waals surface area contributed by atoms with Crippen molar-refractivity contribution in [2.24, 2.45) is 0 Å². The van der Waals surface area contributed by atoms with E-state index in [1.807, 2.05) is 0 Å². The molecule has 3 heterocycles. The molecule has 0 bridgehead atoms. The molecule has 0 aromatic heterocycles. The molecule has 3 aliphatic heterocycles. The Labute approximate surface area is 239 Å². The monoisotopic (exact) mass is 586 g/mol. The highest BCUT2D eigenvalue weighted by atomic mass is 35.5. The summed E-state index contributed by atoms with van der Waals surface area (Å²) < 4.78 is 5.23. The highest BCUT2D eigenvalue weighted by molar-refractivity contribution is 8.01. The quantitative estimate of drug-likeness (QED) is 0.380. The molecular weight excluding hydrogens is 563 g/mol. The Bertz CT molecular complexity index is 1410. The number of benzene rings is 2. The zero-order valence-electron chi connectivity index (χ0n) is 21.1. The van der Waals surface area contributed by atoms with Gasteiger partial charge in [-0.05, 0) is 42.8 Å². The molecule has 0 saturated carbocycles. The van der Waals surface area contributed by atoms with Gasteiger partial charge in [-0.2, -0.15) is 5.26 Å². The van der Waals surface area contributed by atoms with Gasteiger partial charge in [0.05, 0.1) is 30.5 Å². The van der Waals surface area contributed by atoms with E-state index in [1.165, 1.54) is 46.7 Å². The third-order valence-electron chi connectivity index (χ3n) is 7.36. The molecule has 2 aromatic rings. The molecule has 5 rings (SSSR count). The lowest BCUT2D eigenvalue weighted by Crippen LogP contribution is -2.54. The minimum atomic E-state index is -1.36. The van der Waals surface area contributed by atoms with E-state index in [9.17, 15) is 24.4 Å². The maximum Gasteiger partial charge on any atom is 0.332 e. The van der Waals surface area contributed by atoms with Crippen LogP contribution in [0.25, 0.3) is 0 Å². The van der Waals surface area contributed by atoms with Crippen molar-refractivity contribution in [2.75, 3.05) is 23.8 Å². The fraction of sp³-hybridized carbons (Fsp3) is 0.370. The normalized spacial score (nSPS) is 25.8. The molecule has 3 atom stereocenters. The summed E-state index contributed by atoms with van der Waals surface area (Å²) in [5.74, 6) is -1.05. The van der Waals surface area contributed by atoms with Crippen LogP contribution < -0.4 is 4.90 Å². The Morgan fingerprint density at radius 2 is 1.82 bits per heavy atom. The molecule has 4 amide bonds. The van der Waals surface area contributed by atoms with Crippen molar-refractivity contribution in [2.45, 2.75) is 43.1 Å². The largest absolute Gasteiger partial charge is 0.464 e. The highest BCUT2D eigenvalue weighted by Gasteiger charge is 2.70. The fourth-order valence-electron chi connectivity index (χ4n) is 5.87. The molecule has 0 aliphatic carbocycles. The summed E-state index contributed by atoms with van der Waals surface area (Å²) in [4.78, 5) is 57.1. The Morgan fingerprint density at radius 1 is 1.15 bits per heavy atom. The molecule has 1 spiro atoms. The summed E-state index contributed by atoms with van der Waals surface area (Å²) in [6.07, 6.45) is 0.252. The van der Waals surface area contributed by atoms with Gasteiger partial charge in [-0.1, -0.05) is 35.3 Å². The van der Waals surface area contributed by atoms with Crippen LogP contribution in [-0.4, -0.2) is 69.0 Å². The summed E-state index contributed by atoms with van der Waals surface area (Å²) in [5, 5.41) is 9.75. The molecule has 39 heavy (non-hydrogen) atoms. The van der Waals surface area contributed by atoms with E-state index in [4.69, 9.17) is 27.9 Å². The predicted molar refractivity (Wildman–Crippen MR) is 146 cm³/mol. The van der Waals surface area contributed by atoms with Crippen molar-refractivity contribution in [3.8, 4) is 6.07 Å². The van der Waals surface area contributed by atoms with Crippen LogP contribution >= 0.6 is 35.0 Å². The van der Waals surface area contributed by atoms with Crippen LogP contribution in [0.3, 0.4) is 0 Å². The number of carbonyl (C=O) groups excluding carboxylic acids is 4. The van der Waals surface area contributed by atoms with Gasteiger partial charge in [-0.25, -0.2) is 14.5 Å². The average molecular weight is 587 g/mol. The van der Waals surface area contributed by atoms with E-state index in [2.05, 4.69) is 6.07 Å². The first kappa shape index (κ1) is 27.3. The second-order valence-corrected chi connectivity index (χ2v) is 12.0. The standard InChI is InChI=1S/C27H24Cl2N4O5S/c1-3-38-23(35)22-13-39-27(33(22)16(2)34)14-26(11-17-4-6-18(12-30)7-5-17)24(36)32(25(37)31(26)15-27)21-9-19(28)8-20(29)10-21/h4-10,22H,3,11,13-15H2,1-2H3/t22-,26+,27?/m1/s1. The smallest absolute Gasteiger partial charge is 0.332 e. The number of rotatable bonds is 5. The van der Waals surface area contributed by atoms with Gasteiger partial charge in [0.2, 0.25) is 5.91 Å². The van der Waals surface area contributed by atoms with E-state index < -0.39 is 34.4 Å². The van der Waals surface area contributed by atoms with Gasteiger partial charge in [0.25, 0.3) is 5.91 Å². The van der Waals surface area contributed by atoms with E-state index >= 15 is 0 Å². The van der Waals surface area contributed by atoms with Gasteiger partial charge in [0.15, 0.2) is 0 Å². The zero-order chi connectivity index (χ0) is 28.1. The van der Waals surface area contributed by atoms with Gasteiger partial charge in [0, 0.05) is 35.6 Å². The van der Waals surface area contributed by atoms with Crippen molar-refractivity contribution in [3.05, 3.63) is 63.6 Å². The van der Waals surface area contributed by atoms with Gasteiger partial charge >= 0.3 is 12.0 Å². The molecule has 3 saturated heterocycles. The number of imide groups is 1. The molecule has 202 valence electrons. The first-order valence-electron chi connectivity index (χ1n) is 12.3. The maximum atomic E-state index is 14.3. The van der Waals surface area contributed by atoms with Crippen LogP contribution in [0.1, 0.15) is 31.4 Å². The second-order valence-electron chi connectivity index (χ2n) is 9.74. The number of amides is 4. The number of ether oxygens (including phenoxy) is 1. The number of esters is 1. The molecule has 2 aromatic carbocycles. The minimum absolute atomic E-state index is 0.0405.